The van der Waals surface area contributed by atoms with E-state index in [0.717, 1.165) is 0 Å². The first kappa shape index (κ1) is 27.9. The second kappa shape index (κ2) is 11.6. The molecular formula is C18H32O16. The normalized spacial score (nSPS) is 52.5. The smallest absolute Gasteiger partial charge is 0.187 e. The first-order chi connectivity index (χ1) is 16.0. The van der Waals surface area contributed by atoms with E-state index in [-0.39, 0.29) is 0 Å². The van der Waals surface area contributed by atoms with Gasteiger partial charge < -0.3 is 79.9 Å². The van der Waals surface area contributed by atoms with Crippen molar-refractivity contribution in [3.63, 3.8) is 0 Å². The van der Waals surface area contributed by atoms with Crippen LogP contribution in [0.5, 0.6) is 0 Å². The predicted octanol–water partition coefficient (Wildman–Crippen LogP) is -7.57. The van der Waals surface area contributed by atoms with Crippen molar-refractivity contribution in [1.29, 1.82) is 0 Å². The Hall–Kier alpha value is -0.640. The van der Waals surface area contributed by atoms with Crippen molar-refractivity contribution < 1.29 is 79.9 Å². The SMILES string of the molecule is OC[C@H]1O[C@@H](O[C@H]2[C@H](O)[C@H](O)[C@H](O[C@H]3[C@H](O)[C@H](O)C(O)O[C@@H]3CO)O[C@@H]2CO)[C@H](O)[C@@H](O)[C@@H]1O. The fourth-order valence-electron chi connectivity index (χ4n) is 4.06. The quantitative estimate of drug-likeness (QED) is 0.154. The molecule has 0 aliphatic carbocycles. The third-order valence-corrected chi connectivity index (χ3v) is 6.09. The molecule has 0 aromatic rings. The number of ether oxygens (including phenoxy) is 5. The Morgan fingerprint density at radius 3 is 1.35 bits per heavy atom. The second-order valence-electron chi connectivity index (χ2n) is 8.33. The lowest BCUT2D eigenvalue weighted by Gasteiger charge is -2.47. The van der Waals surface area contributed by atoms with Crippen LogP contribution in [0.3, 0.4) is 0 Å². The highest BCUT2D eigenvalue weighted by Gasteiger charge is 2.53. The minimum Gasteiger partial charge on any atom is -0.394 e. The van der Waals surface area contributed by atoms with Gasteiger partial charge in [-0.3, -0.25) is 0 Å². The molecule has 16 nitrogen and oxygen atoms in total. The molecule has 0 amide bonds. The van der Waals surface area contributed by atoms with Gasteiger partial charge in [0.25, 0.3) is 0 Å². The van der Waals surface area contributed by atoms with Crippen molar-refractivity contribution in [1.82, 2.24) is 0 Å². The highest BCUT2D eigenvalue weighted by molar-refractivity contribution is 4.96. The van der Waals surface area contributed by atoms with Gasteiger partial charge in [0.15, 0.2) is 18.9 Å². The van der Waals surface area contributed by atoms with Crippen molar-refractivity contribution >= 4 is 0 Å². The molecular weight excluding hydrogens is 472 g/mol. The summed E-state index contributed by atoms with van der Waals surface area (Å²) in [4.78, 5) is 0. The van der Waals surface area contributed by atoms with E-state index in [2.05, 4.69) is 0 Å². The van der Waals surface area contributed by atoms with Crippen LogP contribution in [0.15, 0.2) is 0 Å². The van der Waals surface area contributed by atoms with Crippen LogP contribution >= 0.6 is 0 Å². The van der Waals surface area contributed by atoms with E-state index >= 15 is 0 Å². The summed E-state index contributed by atoms with van der Waals surface area (Å²) in [6.07, 6.45) is -25.1. The van der Waals surface area contributed by atoms with E-state index in [1.807, 2.05) is 0 Å². The Morgan fingerprint density at radius 2 is 0.853 bits per heavy atom. The molecule has 0 saturated carbocycles. The first-order valence-electron chi connectivity index (χ1n) is 10.6. The Morgan fingerprint density at radius 1 is 0.441 bits per heavy atom. The highest BCUT2D eigenvalue weighted by atomic mass is 16.8. The Labute approximate surface area is 192 Å². The molecule has 0 bridgehead atoms. The largest absolute Gasteiger partial charge is 0.394 e. The van der Waals surface area contributed by atoms with Crippen LogP contribution in [0.4, 0.5) is 0 Å². The lowest BCUT2D eigenvalue weighted by Crippen LogP contribution is -2.66. The zero-order valence-electron chi connectivity index (χ0n) is 17.7. The minimum atomic E-state index is -1.91. The Balaban J connectivity index is 1.72. The Kier molecular flexibility index (Phi) is 9.54. The maximum atomic E-state index is 10.6. The number of aliphatic hydroxyl groups is 11. The lowest BCUT2D eigenvalue weighted by atomic mass is 9.96. The number of rotatable bonds is 7. The van der Waals surface area contributed by atoms with Crippen LogP contribution in [0.25, 0.3) is 0 Å². The zero-order valence-corrected chi connectivity index (χ0v) is 17.7. The van der Waals surface area contributed by atoms with Crippen LogP contribution in [-0.2, 0) is 23.7 Å². The summed E-state index contributed by atoms with van der Waals surface area (Å²) < 4.78 is 26.4. The molecule has 15 atom stereocenters. The number of aliphatic hydroxyl groups excluding tert-OH is 11. The molecule has 200 valence electrons. The number of hydrogen-bond acceptors (Lipinski definition) is 16. The van der Waals surface area contributed by atoms with E-state index in [1.54, 1.807) is 0 Å². The summed E-state index contributed by atoms with van der Waals surface area (Å²) in [6, 6.07) is 0. The van der Waals surface area contributed by atoms with Crippen molar-refractivity contribution in [2.24, 2.45) is 0 Å². The van der Waals surface area contributed by atoms with Gasteiger partial charge in [-0.2, -0.15) is 0 Å². The molecule has 3 rings (SSSR count). The average molecular weight is 504 g/mol. The van der Waals surface area contributed by atoms with Gasteiger partial charge in [0.1, 0.15) is 73.2 Å². The molecule has 3 aliphatic rings. The van der Waals surface area contributed by atoms with Gasteiger partial charge in [-0.1, -0.05) is 0 Å². The van der Waals surface area contributed by atoms with Crippen molar-refractivity contribution in [2.75, 3.05) is 19.8 Å². The summed E-state index contributed by atoms with van der Waals surface area (Å²) in [5.74, 6) is 0. The monoisotopic (exact) mass is 504 g/mol. The summed E-state index contributed by atoms with van der Waals surface area (Å²) in [6.45, 7) is -2.32. The second-order valence-corrected chi connectivity index (χ2v) is 8.33. The third kappa shape index (κ3) is 5.37. The molecule has 1 unspecified atom stereocenters. The molecule has 11 N–H and O–H groups in total. The molecule has 3 aliphatic heterocycles. The number of hydrogen-bond donors (Lipinski definition) is 11. The zero-order chi connectivity index (χ0) is 25.3. The van der Waals surface area contributed by atoms with Gasteiger partial charge in [-0.15, -0.1) is 0 Å². The van der Waals surface area contributed by atoms with Gasteiger partial charge in [0.05, 0.1) is 19.8 Å². The van der Waals surface area contributed by atoms with E-state index in [0.29, 0.717) is 0 Å². The average Bonchev–Trinajstić information content (AvgIpc) is 2.83. The maximum Gasteiger partial charge on any atom is 0.187 e. The molecule has 16 heteroatoms. The maximum absolute atomic E-state index is 10.6. The fourth-order valence-corrected chi connectivity index (χ4v) is 4.06. The molecule has 34 heavy (non-hydrogen) atoms. The van der Waals surface area contributed by atoms with Crippen molar-refractivity contribution in [2.45, 2.75) is 92.1 Å². The van der Waals surface area contributed by atoms with Gasteiger partial charge in [0, 0.05) is 0 Å². The van der Waals surface area contributed by atoms with Crippen LogP contribution < -0.4 is 0 Å². The molecule has 3 saturated heterocycles. The van der Waals surface area contributed by atoms with Gasteiger partial charge in [-0.25, -0.2) is 0 Å². The molecule has 0 aromatic carbocycles. The van der Waals surface area contributed by atoms with E-state index in [4.69, 9.17) is 23.7 Å². The van der Waals surface area contributed by atoms with Crippen molar-refractivity contribution in [3.05, 3.63) is 0 Å². The summed E-state index contributed by atoms with van der Waals surface area (Å²) >= 11 is 0. The van der Waals surface area contributed by atoms with E-state index in [9.17, 15) is 56.2 Å². The van der Waals surface area contributed by atoms with E-state index in [1.165, 1.54) is 0 Å². The third-order valence-electron chi connectivity index (χ3n) is 6.09. The van der Waals surface area contributed by atoms with Gasteiger partial charge in [0.2, 0.25) is 0 Å². The molecule has 0 spiro atoms. The molecule has 0 aromatic heterocycles. The lowest BCUT2D eigenvalue weighted by molar-refractivity contribution is -0.377. The van der Waals surface area contributed by atoms with Crippen molar-refractivity contribution in [3.8, 4) is 0 Å². The van der Waals surface area contributed by atoms with Crippen LogP contribution in [0, 0.1) is 0 Å². The Bertz CT molecular complexity index is 635. The van der Waals surface area contributed by atoms with Crippen LogP contribution in [-0.4, -0.2) is 168 Å². The predicted molar refractivity (Wildman–Crippen MR) is 101 cm³/mol. The highest BCUT2D eigenvalue weighted by Crippen LogP contribution is 2.32. The van der Waals surface area contributed by atoms with Crippen LogP contribution in [0.1, 0.15) is 0 Å². The molecule has 0 radical (unpaired) electrons. The topological polar surface area (TPSA) is 269 Å². The summed E-state index contributed by atoms with van der Waals surface area (Å²) in [5.41, 5.74) is 0. The minimum absolute atomic E-state index is 0.741. The molecule has 3 fully saturated rings. The van der Waals surface area contributed by atoms with E-state index < -0.39 is 112 Å². The summed E-state index contributed by atoms with van der Waals surface area (Å²) in [7, 11) is 0. The summed E-state index contributed by atoms with van der Waals surface area (Å²) in [5, 5.41) is 109. The standard InChI is InChI=1S/C18H32O16/c19-1-4-7(22)8(23)12(27)17(31-4)34-15-6(3-21)32-18(13(28)10(15)25)33-14-5(2-20)30-16(29)11(26)9(14)24/h4-29H,1-3H2/t4-,5-,6-,7-,8+,9-,10-,11+,12-,13+,14-,15-,16?,17+,18+/m1/s1. The van der Waals surface area contributed by atoms with Gasteiger partial charge >= 0.3 is 0 Å². The van der Waals surface area contributed by atoms with Crippen LogP contribution in [0.2, 0.25) is 0 Å². The first-order valence-corrected chi connectivity index (χ1v) is 10.6. The fraction of sp³-hybridized carbons (Fsp3) is 1.00. The molecule has 3 heterocycles. The van der Waals surface area contributed by atoms with Gasteiger partial charge in [-0.05, 0) is 0 Å².